The van der Waals surface area contributed by atoms with Gasteiger partial charge in [-0.15, -0.1) is 0 Å². The maximum atomic E-state index is 13.7. The van der Waals surface area contributed by atoms with Gasteiger partial charge in [-0.05, 0) is 93.9 Å². The first-order valence-corrected chi connectivity index (χ1v) is 13.4. The number of fused-ring (bicyclic) bond motifs is 2. The molecular formula is C28H37N5O4. The molecule has 9 nitrogen and oxygen atoms in total. The van der Waals surface area contributed by atoms with Gasteiger partial charge < -0.3 is 31.4 Å². The molecule has 9 heteroatoms. The number of amides is 3. The fourth-order valence-corrected chi connectivity index (χ4v) is 5.97. The van der Waals surface area contributed by atoms with Gasteiger partial charge in [0.1, 0.15) is 11.7 Å². The molecule has 1 atom stereocenters. The van der Waals surface area contributed by atoms with Crippen LogP contribution in [0.4, 0.5) is 11.4 Å². The molecule has 198 valence electrons. The van der Waals surface area contributed by atoms with Crippen molar-refractivity contribution in [2.75, 3.05) is 23.8 Å². The van der Waals surface area contributed by atoms with E-state index in [1.165, 1.54) is 6.08 Å². The topological polar surface area (TPSA) is 132 Å². The van der Waals surface area contributed by atoms with Crippen LogP contribution in [0.3, 0.4) is 0 Å². The lowest BCUT2D eigenvalue weighted by atomic mass is 9.75. The fraction of sp³-hybridized carbons (Fsp3) is 0.571. The molecule has 0 aromatic heterocycles. The highest BCUT2D eigenvalue weighted by Gasteiger charge is 2.49. The molecule has 1 saturated heterocycles. The lowest BCUT2D eigenvalue weighted by Crippen LogP contribution is -2.51. The lowest BCUT2D eigenvalue weighted by Gasteiger charge is -2.31. The molecule has 0 unspecified atom stereocenters. The third kappa shape index (κ3) is 5.28. The smallest absolute Gasteiger partial charge is 0.268 e. The van der Waals surface area contributed by atoms with E-state index in [0.717, 1.165) is 43.1 Å². The number of carbonyl (C=O) groups is 3. The molecule has 3 amide bonds. The maximum Gasteiger partial charge on any atom is 0.268 e. The van der Waals surface area contributed by atoms with Crippen molar-refractivity contribution in [1.82, 2.24) is 10.6 Å². The van der Waals surface area contributed by atoms with Crippen LogP contribution in [0.2, 0.25) is 0 Å². The van der Waals surface area contributed by atoms with Crippen molar-refractivity contribution in [3.05, 3.63) is 35.5 Å². The Labute approximate surface area is 217 Å². The summed E-state index contributed by atoms with van der Waals surface area (Å²) in [6.45, 7) is 4.94. The molecule has 1 aromatic rings. The molecule has 4 aliphatic rings. The molecule has 1 aromatic carbocycles. The predicted molar refractivity (Wildman–Crippen MR) is 141 cm³/mol. The van der Waals surface area contributed by atoms with Crippen LogP contribution in [0.5, 0.6) is 0 Å². The first-order chi connectivity index (χ1) is 17.8. The average Bonchev–Trinajstić information content (AvgIpc) is 3.79. The minimum atomic E-state index is -0.680. The number of carbonyl (C=O) groups excluding carboxylic acids is 3. The van der Waals surface area contributed by atoms with Gasteiger partial charge >= 0.3 is 0 Å². The van der Waals surface area contributed by atoms with Gasteiger partial charge in [0.15, 0.2) is 0 Å². The molecule has 2 saturated carbocycles. The number of ether oxygens (including phenoxy) is 1. The molecule has 2 aliphatic carbocycles. The summed E-state index contributed by atoms with van der Waals surface area (Å²) in [5.74, 6) is 0.315. The number of rotatable bonds is 10. The number of hydrogen-bond acceptors (Lipinski definition) is 6. The predicted octanol–water partition coefficient (Wildman–Crippen LogP) is 3.08. The minimum Gasteiger partial charge on any atom is -0.381 e. The molecule has 0 bridgehead atoms. The fourth-order valence-electron chi connectivity index (χ4n) is 5.97. The second kappa shape index (κ2) is 10.3. The van der Waals surface area contributed by atoms with E-state index in [-0.39, 0.29) is 35.4 Å². The zero-order chi connectivity index (χ0) is 26.2. The number of allylic oxidation sites excluding steroid dienone is 1. The van der Waals surface area contributed by atoms with Gasteiger partial charge in [0.2, 0.25) is 11.8 Å². The van der Waals surface area contributed by atoms with Crippen molar-refractivity contribution < 1.29 is 19.1 Å². The Morgan fingerprint density at radius 3 is 2.38 bits per heavy atom. The van der Waals surface area contributed by atoms with Crippen molar-refractivity contribution in [1.29, 1.82) is 5.41 Å². The Morgan fingerprint density at radius 2 is 1.78 bits per heavy atom. The Kier molecular flexibility index (Phi) is 7.07. The number of nitrogens with one attached hydrogen (secondary N) is 5. The molecular weight excluding hydrogens is 470 g/mol. The summed E-state index contributed by atoms with van der Waals surface area (Å²) in [5.41, 5.74) is 1.99. The van der Waals surface area contributed by atoms with E-state index in [9.17, 15) is 14.4 Å². The SMILES string of the molecule is CC(C)N/C(=C\C=N)C(=O)N[C@H](C(=O)Nc1ccc2c(c1)NC(=O)C21CCOCC1)C(C1CC1)C1CC1. The second-order valence-electron chi connectivity index (χ2n) is 11.1. The van der Waals surface area contributed by atoms with Crippen LogP contribution in [-0.2, 0) is 24.5 Å². The third-order valence-electron chi connectivity index (χ3n) is 8.06. The maximum absolute atomic E-state index is 13.7. The van der Waals surface area contributed by atoms with Crippen molar-refractivity contribution in [3.63, 3.8) is 0 Å². The van der Waals surface area contributed by atoms with Crippen LogP contribution in [0, 0.1) is 23.2 Å². The molecule has 0 radical (unpaired) electrons. The summed E-state index contributed by atoms with van der Waals surface area (Å²) in [7, 11) is 0. The molecule has 2 aliphatic heterocycles. The minimum absolute atomic E-state index is 0.00697. The normalized spacial score (nSPS) is 21.4. The van der Waals surface area contributed by atoms with Crippen molar-refractivity contribution in [2.45, 2.75) is 69.9 Å². The number of hydrogen-bond donors (Lipinski definition) is 5. The average molecular weight is 508 g/mol. The van der Waals surface area contributed by atoms with E-state index in [2.05, 4.69) is 21.3 Å². The van der Waals surface area contributed by atoms with E-state index >= 15 is 0 Å². The molecule has 3 fully saturated rings. The molecule has 1 spiro atoms. The van der Waals surface area contributed by atoms with Gasteiger partial charge in [-0.2, -0.15) is 0 Å². The van der Waals surface area contributed by atoms with Crippen LogP contribution < -0.4 is 21.3 Å². The zero-order valence-electron chi connectivity index (χ0n) is 21.6. The zero-order valence-corrected chi connectivity index (χ0v) is 21.6. The Hall–Kier alpha value is -3.20. The Bertz CT molecular complexity index is 1100. The van der Waals surface area contributed by atoms with Gasteiger partial charge in [0, 0.05) is 36.8 Å². The number of anilines is 2. The van der Waals surface area contributed by atoms with Gasteiger partial charge in [-0.25, -0.2) is 0 Å². The van der Waals surface area contributed by atoms with Crippen molar-refractivity contribution >= 4 is 35.3 Å². The standard InChI is InChI=1S/C28H37N5O4/c1-16(2)30-21(9-12-29)25(34)33-24(23(17-3-4-17)18-5-6-18)26(35)31-19-7-8-20-22(15-19)32-27(36)28(20)10-13-37-14-11-28/h7-9,12,15-18,23-24,29-30H,3-6,10-11,13-14H2,1-2H3,(H,31,35)(H,32,36)(H,33,34)/b21-9-,29-12?/t24-/m0/s1. The molecule has 37 heavy (non-hydrogen) atoms. The van der Waals surface area contributed by atoms with Gasteiger partial charge in [-0.3, -0.25) is 14.4 Å². The molecule has 5 N–H and O–H groups in total. The van der Waals surface area contributed by atoms with Crippen molar-refractivity contribution in [2.24, 2.45) is 17.8 Å². The highest BCUT2D eigenvalue weighted by molar-refractivity contribution is 6.08. The van der Waals surface area contributed by atoms with Crippen LogP contribution in [0.1, 0.15) is 57.9 Å². The monoisotopic (exact) mass is 507 g/mol. The van der Waals surface area contributed by atoms with E-state index < -0.39 is 11.5 Å². The summed E-state index contributed by atoms with van der Waals surface area (Å²) in [6, 6.07) is 4.92. The molecule has 5 rings (SSSR count). The first kappa shape index (κ1) is 25.4. The largest absolute Gasteiger partial charge is 0.381 e. The summed E-state index contributed by atoms with van der Waals surface area (Å²) in [5, 5.41) is 19.6. The van der Waals surface area contributed by atoms with E-state index in [1.54, 1.807) is 0 Å². The molecule has 2 heterocycles. The highest BCUT2D eigenvalue weighted by atomic mass is 16.5. The van der Waals surface area contributed by atoms with E-state index in [4.69, 9.17) is 10.1 Å². The van der Waals surface area contributed by atoms with E-state index in [0.29, 0.717) is 43.6 Å². The van der Waals surface area contributed by atoms with Crippen LogP contribution in [0.15, 0.2) is 30.0 Å². The summed E-state index contributed by atoms with van der Waals surface area (Å²) < 4.78 is 5.49. The lowest BCUT2D eigenvalue weighted by molar-refractivity contribution is -0.126. The Morgan fingerprint density at radius 1 is 1.11 bits per heavy atom. The quantitative estimate of drug-likeness (QED) is 0.245. The number of benzene rings is 1. The second-order valence-corrected chi connectivity index (χ2v) is 11.1. The Balaban J connectivity index is 1.37. The van der Waals surface area contributed by atoms with Crippen LogP contribution in [0.25, 0.3) is 0 Å². The highest BCUT2D eigenvalue weighted by Crippen LogP contribution is 2.51. The summed E-state index contributed by atoms with van der Waals surface area (Å²) >= 11 is 0. The summed E-state index contributed by atoms with van der Waals surface area (Å²) in [6.07, 6.45) is 8.08. The summed E-state index contributed by atoms with van der Waals surface area (Å²) in [4.78, 5) is 39.8. The van der Waals surface area contributed by atoms with Gasteiger partial charge in [-0.1, -0.05) is 6.07 Å². The van der Waals surface area contributed by atoms with Crippen LogP contribution >= 0.6 is 0 Å². The first-order valence-electron chi connectivity index (χ1n) is 13.4. The third-order valence-corrected chi connectivity index (χ3v) is 8.06. The van der Waals surface area contributed by atoms with E-state index in [1.807, 2.05) is 32.0 Å². The van der Waals surface area contributed by atoms with Gasteiger partial charge in [0.25, 0.3) is 5.91 Å². The van der Waals surface area contributed by atoms with Gasteiger partial charge in [0.05, 0.1) is 5.41 Å². The van der Waals surface area contributed by atoms with Crippen molar-refractivity contribution in [3.8, 4) is 0 Å². The van der Waals surface area contributed by atoms with Crippen LogP contribution in [-0.4, -0.2) is 49.2 Å².